The Kier molecular flexibility index (Phi) is 9.98. The number of anilines is 1. The zero-order valence-electron chi connectivity index (χ0n) is 18.5. The molecule has 31 heavy (non-hydrogen) atoms. The highest BCUT2D eigenvalue weighted by molar-refractivity contribution is 5.95. The molecule has 1 aromatic carbocycles. The van der Waals surface area contributed by atoms with Gasteiger partial charge in [-0.1, -0.05) is 25.1 Å². The molecule has 1 aliphatic heterocycles. The number of benzene rings is 1. The van der Waals surface area contributed by atoms with Crippen LogP contribution in [0.4, 0.5) is 5.69 Å². The minimum atomic E-state index is -0.157. The number of carbonyl (C=O) groups excluding carboxylic acids is 3. The Morgan fingerprint density at radius 1 is 1.13 bits per heavy atom. The van der Waals surface area contributed by atoms with E-state index in [-0.39, 0.29) is 43.0 Å². The largest absolute Gasteiger partial charge is 0.353 e. The van der Waals surface area contributed by atoms with E-state index in [9.17, 15) is 14.4 Å². The summed E-state index contributed by atoms with van der Waals surface area (Å²) in [5.74, 6) is -0.196. The second-order valence-electron chi connectivity index (χ2n) is 7.82. The average Bonchev–Trinajstić information content (AvgIpc) is 2.78. The number of nitrogens with one attached hydrogen (secondary N) is 1. The minimum absolute atomic E-state index is 0.0121. The summed E-state index contributed by atoms with van der Waals surface area (Å²) in [5, 5.41) is 11.8. The molecule has 0 saturated carbocycles. The third-order valence-corrected chi connectivity index (χ3v) is 5.48. The molecule has 1 unspecified atom stereocenters. The highest BCUT2D eigenvalue weighted by atomic mass is 16.2. The lowest BCUT2D eigenvalue weighted by Crippen LogP contribution is -2.51. The Hall–Kier alpha value is -2.92. The fourth-order valence-corrected chi connectivity index (χ4v) is 3.46. The molecule has 0 radical (unpaired) electrons. The van der Waals surface area contributed by atoms with Gasteiger partial charge in [0.25, 0.3) is 0 Å². The first kappa shape index (κ1) is 24.4. The second kappa shape index (κ2) is 12.7. The SMILES string of the molecule is CCC(C)NC(=O)CN1CCN(C(=O)CCC(=O)N(CCC#N)c2ccccc2)CC1. The Morgan fingerprint density at radius 3 is 2.42 bits per heavy atom. The first-order valence-corrected chi connectivity index (χ1v) is 11.0. The van der Waals surface area contributed by atoms with E-state index in [0.29, 0.717) is 39.3 Å². The Balaban J connectivity index is 1.78. The van der Waals surface area contributed by atoms with Gasteiger partial charge in [0.05, 0.1) is 19.0 Å². The summed E-state index contributed by atoms with van der Waals surface area (Å²) < 4.78 is 0. The number of piperazine rings is 1. The molecule has 0 aliphatic carbocycles. The van der Waals surface area contributed by atoms with Crippen LogP contribution in [-0.4, -0.2) is 72.8 Å². The maximum absolute atomic E-state index is 12.7. The lowest BCUT2D eigenvalue weighted by molar-refractivity contribution is -0.135. The predicted molar refractivity (Wildman–Crippen MR) is 119 cm³/mol. The van der Waals surface area contributed by atoms with E-state index in [1.54, 1.807) is 9.80 Å². The lowest BCUT2D eigenvalue weighted by atomic mass is 10.2. The van der Waals surface area contributed by atoms with Crippen LogP contribution in [0.1, 0.15) is 39.5 Å². The molecule has 3 amide bonds. The molecule has 0 aromatic heterocycles. The van der Waals surface area contributed by atoms with Crippen LogP contribution in [0.5, 0.6) is 0 Å². The van der Waals surface area contributed by atoms with Crippen molar-refractivity contribution in [2.45, 2.75) is 45.6 Å². The smallest absolute Gasteiger partial charge is 0.234 e. The van der Waals surface area contributed by atoms with Gasteiger partial charge in [-0.05, 0) is 25.5 Å². The number of hydrogen-bond acceptors (Lipinski definition) is 5. The summed E-state index contributed by atoms with van der Waals surface area (Å²) in [5.41, 5.74) is 0.736. The van der Waals surface area contributed by atoms with Gasteiger partial charge in [-0.3, -0.25) is 19.3 Å². The van der Waals surface area contributed by atoms with Gasteiger partial charge >= 0.3 is 0 Å². The first-order valence-electron chi connectivity index (χ1n) is 11.0. The van der Waals surface area contributed by atoms with Gasteiger partial charge in [0.15, 0.2) is 0 Å². The molecule has 2 rings (SSSR count). The van der Waals surface area contributed by atoms with E-state index in [0.717, 1.165) is 12.1 Å². The van der Waals surface area contributed by atoms with Crippen molar-refractivity contribution in [2.24, 2.45) is 0 Å². The topological polar surface area (TPSA) is 96.8 Å². The second-order valence-corrected chi connectivity index (χ2v) is 7.82. The molecule has 1 atom stereocenters. The quantitative estimate of drug-likeness (QED) is 0.614. The molecule has 8 nitrogen and oxygen atoms in total. The standard InChI is InChI=1S/C23H33N5O3/c1-3-19(2)25-21(29)18-26-14-16-27(17-15-26)22(30)10-11-23(31)28(13-7-12-24)20-8-5-4-6-9-20/h4-6,8-9,19H,3,7,10-11,13-18H2,1-2H3,(H,25,29). The number of nitrogens with zero attached hydrogens (tertiary/aromatic N) is 4. The van der Waals surface area contributed by atoms with Crippen molar-refractivity contribution in [1.82, 2.24) is 15.1 Å². The van der Waals surface area contributed by atoms with Crippen LogP contribution in [0, 0.1) is 11.3 Å². The molecule has 8 heteroatoms. The van der Waals surface area contributed by atoms with Gasteiger partial charge in [0.1, 0.15) is 0 Å². The molecule has 1 aromatic rings. The zero-order chi connectivity index (χ0) is 22.6. The van der Waals surface area contributed by atoms with Gasteiger partial charge < -0.3 is 15.1 Å². The number of hydrogen-bond donors (Lipinski definition) is 1. The predicted octanol–water partition coefficient (Wildman–Crippen LogP) is 1.77. The molecule has 0 spiro atoms. The van der Waals surface area contributed by atoms with Crippen LogP contribution in [0.15, 0.2) is 30.3 Å². The van der Waals surface area contributed by atoms with Gasteiger partial charge in [0, 0.05) is 57.3 Å². The highest BCUT2D eigenvalue weighted by Gasteiger charge is 2.24. The first-order chi connectivity index (χ1) is 14.9. The lowest BCUT2D eigenvalue weighted by Gasteiger charge is -2.34. The minimum Gasteiger partial charge on any atom is -0.353 e. The van der Waals surface area contributed by atoms with E-state index in [2.05, 4.69) is 11.4 Å². The van der Waals surface area contributed by atoms with Crippen molar-refractivity contribution in [3.8, 4) is 6.07 Å². The van der Waals surface area contributed by atoms with E-state index in [1.807, 2.05) is 49.1 Å². The van der Waals surface area contributed by atoms with E-state index in [1.165, 1.54) is 0 Å². The molecule has 168 valence electrons. The van der Waals surface area contributed by atoms with Gasteiger partial charge in [-0.15, -0.1) is 0 Å². The Morgan fingerprint density at radius 2 is 1.81 bits per heavy atom. The molecule has 1 aliphatic rings. The molecular weight excluding hydrogens is 394 g/mol. The van der Waals surface area contributed by atoms with Crippen LogP contribution in [0.25, 0.3) is 0 Å². The fraction of sp³-hybridized carbons (Fsp3) is 0.565. The third-order valence-electron chi connectivity index (χ3n) is 5.48. The Bertz CT molecular complexity index is 769. The van der Waals surface area contributed by atoms with E-state index in [4.69, 9.17) is 5.26 Å². The van der Waals surface area contributed by atoms with E-state index < -0.39 is 0 Å². The van der Waals surface area contributed by atoms with Crippen LogP contribution in [-0.2, 0) is 14.4 Å². The maximum Gasteiger partial charge on any atom is 0.234 e. The molecule has 1 fully saturated rings. The molecule has 0 bridgehead atoms. The number of para-hydroxylation sites is 1. The van der Waals surface area contributed by atoms with Crippen molar-refractivity contribution in [3.05, 3.63) is 30.3 Å². The summed E-state index contributed by atoms with van der Waals surface area (Å²) in [6, 6.07) is 11.4. The summed E-state index contributed by atoms with van der Waals surface area (Å²) in [4.78, 5) is 42.7. The molecular formula is C23H33N5O3. The van der Waals surface area contributed by atoms with E-state index >= 15 is 0 Å². The van der Waals surface area contributed by atoms with Crippen molar-refractivity contribution >= 4 is 23.4 Å². The van der Waals surface area contributed by atoms with Crippen LogP contribution in [0.3, 0.4) is 0 Å². The van der Waals surface area contributed by atoms with Gasteiger partial charge in [0.2, 0.25) is 17.7 Å². The summed E-state index contributed by atoms with van der Waals surface area (Å²) in [6.45, 7) is 7.07. The summed E-state index contributed by atoms with van der Waals surface area (Å²) >= 11 is 0. The highest BCUT2D eigenvalue weighted by Crippen LogP contribution is 2.16. The third kappa shape index (κ3) is 8.02. The average molecular weight is 428 g/mol. The van der Waals surface area contributed by atoms with Crippen molar-refractivity contribution in [2.75, 3.05) is 44.2 Å². The zero-order valence-corrected chi connectivity index (χ0v) is 18.5. The molecule has 1 N–H and O–H groups in total. The monoisotopic (exact) mass is 427 g/mol. The van der Waals surface area contributed by atoms with Gasteiger partial charge in [-0.2, -0.15) is 5.26 Å². The van der Waals surface area contributed by atoms with Crippen molar-refractivity contribution < 1.29 is 14.4 Å². The Labute approximate surface area is 184 Å². The number of carbonyl (C=O) groups is 3. The van der Waals surface area contributed by atoms with Crippen LogP contribution in [0.2, 0.25) is 0 Å². The molecule has 1 heterocycles. The normalized spacial score (nSPS) is 15.1. The summed E-state index contributed by atoms with van der Waals surface area (Å²) in [6.07, 6.45) is 1.38. The van der Waals surface area contributed by atoms with Gasteiger partial charge in [-0.25, -0.2) is 0 Å². The molecule has 1 saturated heterocycles. The summed E-state index contributed by atoms with van der Waals surface area (Å²) in [7, 11) is 0. The van der Waals surface area contributed by atoms with Crippen molar-refractivity contribution in [1.29, 1.82) is 5.26 Å². The maximum atomic E-state index is 12.7. The fourth-order valence-electron chi connectivity index (χ4n) is 3.46. The van der Waals surface area contributed by atoms with Crippen LogP contribution < -0.4 is 10.2 Å². The van der Waals surface area contributed by atoms with Crippen molar-refractivity contribution in [3.63, 3.8) is 0 Å². The van der Waals surface area contributed by atoms with Crippen LogP contribution >= 0.6 is 0 Å². The number of nitriles is 1. The number of amides is 3. The number of rotatable bonds is 10.